The Hall–Kier alpha value is -3.00. The van der Waals surface area contributed by atoms with E-state index in [0.717, 1.165) is 28.6 Å². The molecule has 2 aromatic rings. The van der Waals surface area contributed by atoms with Gasteiger partial charge in [-0.05, 0) is 42.3 Å². The van der Waals surface area contributed by atoms with E-state index < -0.39 is 11.9 Å². The van der Waals surface area contributed by atoms with Crippen LogP contribution in [-0.4, -0.2) is 43.0 Å². The van der Waals surface area contributed by atoms with Crippen LogP contribution in [0.4, 0.5) is 5.69 Å². The molecule has 2 aromatic carbocycles. The number of thioether (sulfide) groups is 1. The van der Waals surface area contributed by atoms with Crippen molar-refractivity contribution < 1.29 is 23.9 Å². The second kappa shape index (κ2) is 11.8. The Labute approximate surface area is 174 Å². The molecule has 0 saturated carbocycles. The fourth-order valence-corrected chi connectivity index (χ4v) is 2.94. The van der Waals surface area contributed by atoms with Crippen molar-refractivity contribution in [3.63, 3.8) is 0 Å². The summed E-state index contributed by atoms with van der Waals surface area (Å²) in [6.45, 7) is 1.91. The summed E-state index contributed by atoms with van der Waals surface area (Å²) in [4.78, 5) is 35.4. The van der Waals surface area contributed by atoms with E-state index in [-0.39, 0.29) is 24.0 Å². The summed E-state index contributed by atoms with van der Waals surface area (Å²) < 4.78 is 9.99. The zero-order valence-corrected chi connectivity index (χ0v) is 17.2. The van der Waals surface area contributed by atoms with Gasteiger partial charge in [0.2, 0.25) is 5.91 Å². The largest absolute Gasteiger partial charge is 0.497 e. The van der Waals surface area contributed by atoms with Crippen LogP contribution < -0.4 is 15.4 Å². The smallest absolute Gasteiger partial charge is 0.316 e. The highest BCUT2D eigenvalue weighted by Gasteiger charge is 2.10. The van der Waals surface area contributed by atoms with Crippen LogP contribution in [0.3, 0.4) is 0 Å². The van der Waals surface area contributed by atoms with Crippen molar-refractivity contribution >= 4 is 35.2 Å². The van der Waals surface area contributed by atoms with Gasteiger partial charge in [0.05, 0.1) is 18.6 Å². The molecule has 0 saturated heterocycles. The third-order valence-corrected chi connectivity index (χ3v) is 4.67. The topological polar surface area (TPSA) is 93.7 Å². The molecule has 2 amide bonds. The van der Waals surface area contributed by atoms with Crippen molar-refractivity contribution in [2.24, 2.45) is 0 Å². The maximum Gasteiger partial charge on any atom is 0.316 e. The SMILES string of the molecule is COc1ccc(CNC(=O)COC(=O)CSCC(=O)Nc2cccc(C)c2)cc1. The first-order chi connectivity index (χ1) is 14.0. The summed E-state index contributed by atoms with van der Waals surface area (Å²) in [6.07, 6.45) is 0. The van der Waals surface area contributed by atoms with E-state index >= 15 is 0 Å². The Morgan fingerprint density at radius 1 is 1.00 bits per heavy atom. The molecule has 7 nitrogen and oxygen atoms in total. The molecular weight excluding hydrogens is 392 g/mol. The number of benzene rings is 2. The molecule has 8 heteroatoms. The lowest BCUT2D eigenvalue weighted by atomic mass is 10.2. The Kier molecular flexibility index (Phi) is 9.04. The summed E-state index contributed by atoms with van der Waals surface area (Å²) in [5.74, 6) is -0.293. The molecule has 0 fully saturated rings. The standard InChI is InChI=1S/C21H24N2O5S/c1-15-4-3-5-17(10-15)23-20(25)13-29-14-21(26)28-12-19(24)22-11-16-6-8-18(27-2)9-7-16/h3-10H,11-14H2,1-2H3,(H,22,24)(H,23,25). The Morgan fingerprint density at radius 2 is 1.76 bits per heavy atom. The molecule has 0 aliphatic heterocycles. The van der Waals surface area contributed by atoms with Crippen molar-refractivity contribution in [2.45, 2.75) is 13.5 Å². The molecule has 0 heterocycles. The van der Waals surface area contributed by atoms with E-state index in [0.29, 0.717) is 12.2 Å². The van der Waals surface area contributed by atoms with Crippen molar-refractivity contribution in [1.82, 2.24) is 5.32 Å². The van der Waals surface area contributed by atoms with Crippen LogP contribution in [0.2, 0.25) is 0 Å². The molecule has 0 radical (unpaired) electrons. The highest BCUT2D eigenvalue weighted by Crippen LogP contribution is 2.11. The number of esters is 1. The molecule has 2 N–H and O–H groups in total. The lowest BCUT2D eigenvalue weighted by Crippen LogP contribution is -2.28. The van der Waals surface area contributed by atoms with Gasteiger partial charge in [-0.25, -0.2) is 0 Å². The summed E-state index contributed by atoms with van der Waals surface area (Å²) in [5.41, 5.74) is 2.66. The number of nitrogens with one attached hydrogen (secondary N) is 2. The fraction of sp³-hybridized carbons (Fsp3) is 0.286. The van der Waals surface area contributed by atoms with Crippen molar-refractivity contribution in [3.05, 3.63) is 59.7 Å². The average Bonchev–Trinajstić information content (AvgIpc) is 2.71. The van der Waals surface area contributed by atoms with E-state index in [4.69, 9.17) is 9.47 Å². The number of hydrogen-bond acceptors (Lipinski definition) is 6. The fourth-order valence-electron chi connectivity index (χ4n) is 2.33. The van der Waals surface area contributed by atoms with Gasteiger partial charge in [-0.2, -0.15) is 0 Å². The number of aryl methyl sites for hydroxylation is 1. The summed E-state index contributed by atoms with van der Waals surface area (Å²) in [5, 5.41) is 5.43. The highest BCUT2D eigenvalue weighted by atomic mass is 32.2. The normalized spacial score (nSPS) is 10.1. The second-order valence-electron chi connectivity index (χ2n) is 6.20. The minimum atomic E-state index is -0.544. The van der Waals surface area contributed by atoms with Gasteiger partial charge in [-0.15, -0.1) is 11.8 Å². The Balaban J connectivity index is 1.58. The average molecular weight is 416 g/mol. The first-order valence-electron chi connectivity index (χ1n) is 8.96. The molecule has 2 rings (SSSR count). The van der Waals surface area contributed by atoms with Gasteiger partial charge >= 0.3 is 5.97 Å². The quantitative estimate of drug-likeness (QED) is 0.578. The number of amides is 2. The number of carbonyl (C=O) groups is 3. The van der Waals surface area contributed by atoms with Crippen LogP contribution >= 0.6 is 11.8 Å². The third kappa shape index (κ3) is 8.69. The van der Waals surface area contributed by atoms with Gasteiger partial charge in [0.1, 0.15) is 5.75 Å². The molecule has 29 heavy (non-hydrogen) atoms. The first-order valence-corrected chi connectivity index (χ1v) is 10.1. The van der Waals surface area contributed by atoms with E-state index in [1.807, 2.05) is 37.3 Å². The zero-order chi connectivity index (χ0) is 21.1. The van der Waals surface area contributed by atoms with Gasteiger partial charge in [0.25, 0.3) is 5.91 Å². The van der Waals surface area contributed by atoms with E-state index in [2.05, 4.69) is 10.6 Å². The lowest BCUT2D eigenvalue weighted by molar-refractivity contribution is -0.145. The predicted molar refractivity (Wildman–Crippen MR) is 113 cm³/mol. The van der Waals surface area contributed by atoms with Crippen LogP contribution in [0.15, 0.2) is 48.5 Å². The Morgan fingerprint density at radius 3 is 2.45 bits per heavy atom. The van der Waals surface area contributed by atoms with Crippen molar-refractivity contribution in [1.29, 1.82) is 0 Å². The minimum Gasteiger partial charge on any atom is -0.497 e. The van der Waals surface area contributed by atoms with Crippen LogP contribution in [0.1, 0.15) is 11.1 Å². The van der Waals surface area contributed by atoms with Gasteiger partial charge < -0.3 is 20.1 Å². The number of methoxy groups -OCH3 is 1. The van der Waals surface area contributed by atoms with Gasteiger partial charge in [-0.1, -0.05) is 24.3 Å². The molecule has 0 aromatic heterocycles. The maximum atomic E-state index is 11.9. The zero-order valence-electron chi connectivity index (χ0n) is 16.4. The van der Waals surface area contributed by atoms with Crippen LogP contribution in [0, 0.1) is 6.92 Å². The van der Waals surface area contributed by atoms with Gasteiger partial charge in [0, 0.05) is 12.2 Å². The molecule has 0 aliphatic carbocycles. The monoisotopic (exact) mass is 416 g/mol. The number of rotatable bonds is 10. The highest BCUT2D eigenvalue weighted by molar-refractivity contribution is 8.00. The molecule has 0 unspecified atom stereocenters. The number of ether oxygens (including phenoxy) is 2. The number of carbonyl (C=O) groups excluding carboxylic acids is 3. The van der Waals surface area contributed by atoms with Crippen molar-refractivity contribution in [3.8, 4) is 5.75 Å². The van der Waals surface area contributed by atoms with Crippen LogP contribution in [0.25, 0.3) is 0 Å². The van der Waals surface area contributed by atoms with E-state index in [1.165, 1.54) is 0 Å². The molecule has 0 bridgehead atoms. The molecule has 0 aliphatic rings. The lowest BCUT2D eigenvalue weighted by Gasteiger charge is -2.08. The summed E-state index contributed by atoms with van der Waals surface area (Å²) in [6, 6.07) is 14.7. The second-order valence-corrected chi connectivity index (χ2v) is 7.18. The molecule has 0 atom stereocenters. The summed E-state index contributed by atoms with van der Waals surface area (Å²) >= 11 is 1.13. The first kappa shape index (κ1) is 22.3. The minimum absolute atomic E-state index is 0.00695. The number of anilines is 1. The molecular formula is C21H24N2O5S. The maximum absolute atomic E-state index is 11.9. The van der Waals surface area contributed by atoms with Gasteiger partial charge in [0.15, 0.2) is 6.61 Å². The summed E-state index contributed by atoms with van der Waals surface area (Å²) in [7, 11) is 1.58. The third-order valence-electron chi connectivity index (χ3n) is 3.77. The van der Waals surface area contributed by atoms with Crippen molar-refractivity contribution in [2.75, 3.05) is 30.5 Å². The van der Waals surface area contributed by atoms with E-state index in [9.17, 15) is 14.4 Å². The Bertz CT molecular complexity index is 839. The van der Waals surface area contributed by atoms with Gasteiger partial charge in [-0.3, -0.25) is 14.4 Å². The molecule has 154 valence electrons. The number of hydrogen-bond donors (Lipinski definition) is 2. The van der Waals surface area contributed by atoms with E-state index in [1.54, 1.807) is 25.3 Å². The predicted octanol–water partition coefficient (Wildman–Crippen LogP) is 2.53. The van der Waals surface area contributed by atoms with Crippen LogP contribution in [-0.2, 0) is 25.7 Å². The van der Waals surface area contributed by atoms with Crippen LogP contribution in [0.5, 0.6) is 5.75 Å². The molecule has 0 spiro atoms.